The Morgan fingerprint density at radius 2 is 1.02 bits per heavy atom. The Morgan fingerprint density at radius 1 is 0.404 bits per heavy atom. The van der Waals surface area contributed by atoms with Crippen LogP contribution in [0.1, 0.15) is 0 Å². The summed E-state index contributed by atoms with van der Waals surface area (Å²) in [5.74, 6) is 0. The highest BCUT2D eigenvalue weighted by atomic mass is 16.3. The maximum Gasteiger partial charge on any atom is 0.146 e. The molecule has 3 aromatic heterocycles. The number of para-hydroxylation sites is 2. The Morgan fingerprint density at radius 3 is 1.83 bits per heavy atom. The van der Waals surface area contributed by atoms with Gasteiger partial charge in [0.1, 0.15) is 16.8 Å². The fraction of sp³-hybridized carbons (Fsp3) is 0. The second kappa shape index (κ2) is 11.3. The fourth-order valence-corrected chi connectivity index (χ4v) is 8.10. The van der Waals surface area contributed by atoms with Crippen molar-refractivity contribution < 1.29 is 4.42 Å². The van der Waals surface area contributed by atoms with Gasteiger partial charge in [-0.3, -0.25) is 4.40 Å². The third-order valence-corrected chi connectivity index (χ3v) is 10.6. The van der Waals surface area contributed by atoms with E-state index in [0.29, 0.717) is 0 Å². The van der Waals surface area contributed by atoms with Gasteiger partial charge in [0, 0.05) is 38.2 Å². The Kier molecular flexibility index (Phi) is 6.25. The summed E-state index contributed by atoms with van der Waals surface area (Å²) in [4.78, 5) is 5.37. The van der Waals surface area contributed by atoms with Gasteiger partial charge in [0.05, 0.1) is 16.9 Å². The van der Waals surface area contributed by atoms with Crippen molar-refractivity contribution in [2.45, 2.75) is 0 Å². The van der Waals surface area contributed by atoms with Crippen molar-refractivity contribution in [3.63, 3.8) is 0 Å². The van der Waals surface area contributed by atoms with E-state index in [1.807, 2.05) is 12.1 Å². The first-order valence-corrected chi connectivity index (χ1v) is 17.7. The minimum absolute atomic E-state index is 0.917. The lowest BCUT2D eigenvalue weighted by Gasteiger charge is -2.13. The molecular weight excluding hydrogens is 633 g/mol. The molecule has 0 saturated carbocycles. The zero-order valence-electron chi connectivity index (χ0n) is 28.1. The molecule has 0 N–H and O–H groups in total. The summed E-state index contributed by atoms with van der Waals surface area (Å²) in [5.41, 5.74) is 12.9. The molecule has 0 aliphatic carbocycles. The number of aromatic nitrogens is 2. The molecule has 3 heterocycles. The second-order valence-corrected chi connectivity index (χ2v) is 13.5. The van der Waals surface area contributed by atoms with Gasteiger partial charge in [0.2, 0.25) is 0 Å². The van der Waals surface area contributed by atoms with Crippen LogP contribution in [0.15, 0.2) is 186 Å². The number of hydrogen-bond donors (Lipinski definition) is 0. The van der Waals surface area contributed by atoms with Crippen LogP contribution in [-0.2, 0) is 0 Å². The summed E-state index contributed by atoms with van der Waals surface area (Å²) < 4.78 is 8.73. The van der Waals surface area contributed by atoms with Gasteiger partial charge in [0.15, 0.2) is 0 Å². The fourth-order valence-electron chi connectivity index (χ4n) is 8.10. The number of rotatable bonds is 4. The van der Waals surface area contributed by atoms with Crippen LogP contribution in [0.25, 0.3) is 105 Å². The summed E-state index contributed by atoms with van der Waals surface area (Å²) in [6.07, 6.45) is 0. The Labute approximate surface area is 299 Å². The molecular formula is C49H30N2O. The van der Waals surface area contributed by atoms with Crippen molar-refractivity contribution in [2.24, 2.45) is 0 Å². The number of imidazole rings is 1. The van der Waals surface area contributed by atoms with Crippen molar-refractivity contribution in [1.29, 1.82) is 0 Å². The van der Waals surface area contributed by atoms with Crippen LogP contribution in [0, 0.1) is 0 Å². The van der Waals surface area contributed by atoms with Gasteiger partial charge in [-0.2, -0.15) is 0 Å². The van der Waals surface area contributed by atoms with Crippen LogP contribution in [0.2, 0.25) is 0 Å². The third-order valence-electron chi connectivity index (χ3n) is 10.6. The van der Waals surface area contributed by atoms with Gasteiger partial charge in [-0.15, -0.1) is 0 Å². The third kappa shape index (κ3) is 4.36. The van der Waals surface area contributed by atoms with E-state index in [4.69, 9.17) is 9.40 Å². The second-order valence-electron chi connectivity index (χ2n) is 13.5. The Bertz CT molecular complexity index is 3170. The van der Waals surface area contributed by atoms with E-state index in [-0.39, 0.29) is 0 Å². The van der Waals surface area contributed by atoms with Gasteiger partial charge in [-0.25, -0.2) is 4.98 Å². The Balaban J connectivity index is 1.08. The zero-order chi connectivity index (χ0) is 34.2. The van der Waals surface area contributed by atoms with Crippen molar-refractivity contribution in [1.82, 2.24) is 9.38 Å². The first-order chi connectivity index (χ1) is 25.8. The molecule has 0 saturated heterocycles. The normalized spacial score (nSPS) is 11.8. The molecule has 0 aliphatic heterocycles. The topological polar surface area (TPSA) is 30.4 Å². The highest BCUT2D eigenvalue weighted by molar-refractivity contribution is 6.14. The maximum absolute atomic E-state index is 6.37. The lowest BCUT2D eigenvalue weighted by atomic mass is 9.95. The van der Waals surface area contributed by atoms with E-state index in [9.17, 15) is 0 Å². The molecule has 0 unspecified atom stereocenters. The minimum atomic E-state index is 0.917. The number of benzene rings is 8. The molecule has 52 heavy (non-hydrogen) atoms. The predicted octanol–water partition coefficient (Wildman–Crippen LogP) is 13.4. The molecule has 0 spiro atoms. The molecule has 11 aromatic rings. The first kappa shape index (κ1) is 28.8. The average Bonchev–Trinajstić information content (AvgIpc) is 3.81. The molecule has 0 amide bonds. The summed E-state index contributed by atoms with van der Waals surface area (Å²) >= 11 is 0. The van der Waals surface area contributed by atoms with Gasteiger partial charge in [-0.1, -0.05) is 152 Å². The average molecular weight is 663 g/mol. The SMILES string of the molecule is c1ccc(-c2nc3c4ccccc4c4cc(-c5ccc6cc(-c7cccc8c7oc7ccccc78)ccc6c5)ccc4n3c2-c2ccccc2)cc1. The van der Waals surface area contributed by atoms with E-state index in [1.54, 1.807) is 0 Å². The summed E-state index contributed by atoms with van der Waals surface area (Å²) in [6.45, 7) is 0. The van der Waals surface area contributed by atoms with Crippen LogP contribution in [0.5, 0.6) is 0 Å². The molecule has 8 aromatic carbocycles. The quantitative estimate of drug-likeness (QED) is 0.176. The van der Waals surface area contributed by atoms with Crippen molar-refractivity contribution in [3.8, 4) is 44.8 Å². The first-order valence-electron chi connectivity index (χ1n) is 17.7. The molecule has 3 heteroatoms. The van der Waals surface area contributed by atoms with Gasteiger partial charge in [0.25, 0.3) is 0 Å². The molecule has 0 bridgehead atoms. The smallest absolute Gasteiger partial charge is 0.146 e. The van der Waals surface area contributed by atoms with Crippen LogP contribution >= 0.6 is 0 Å². The molecule has 0 atom stereocenters. The van der Waals surface area contributed by atoms with Crippen LogP contribution < -0.4 is 0 Å². The standard InChI is InChI=1S/C49H30N2O/c1-3-12-31(13-4-1)46-47(32-14-5-2-6-15-32)51-44-27-26-36(30-43(44)39-16-7-8-18-42(39)49(51)50-46)34-22-23-35-29-37(25-24-33(35)28-34)38-19-11-20-41-40-17-9-10-21-45(40)52-48(38)41/h1-30H. The number of nitrogens with zero attached hydrogens (tertiary/aromatic N) is 2. The maximum atomic E-state index is 6.37. The molecule has 3 nitrogen and oxygen atoms in total. The van der Waals surface area contributed by atoms with E-state index in [2.05, 4.69) is 174 Å². The van der Waals surface area contributed by atoms with Crippen molar-refractivity contribution in [2.75, 3.05) is 0 Å². The molecule has 242 valence electrons. The lowest BCUT2D eigenvalue weighted by molar-refractivity contribution is 0.670. The predicted molar refractivity (Wildman–Crippen MR) is 217 cm³/mol. The van der Waals surface area contributed by atoms with Crippen LogP contribution in [-0.4, -0.2) is 9.38 Å². The molecule has 0 radical (unpaired) electrons. The van der Waals surface area contributed by atoms with Crippen LogP contribution in [0.4, 0.5) is 0 Å². The van der Waals surface area contributed by atoms with E-state index >= 15 is 0 Å². The van der Waals surface area contributed by atoms with E-state index in [0.717, 1.165) is 72.1 Å². The molecule has 0 fully saturated rings. The highest BCUT2D eigenvalue weighted by Gasteiger charge is 2.21. The van der Waals surface area contributed by atoms with Crippen molar-refractivity contribution in [3.05, 3.63) is 182 Å². The molecule has 11 rings (SSSR count). The van der Waals surface area contributed by atoms with E-state index in [1.165, 1.54) is 32.7 Å². The van der Waals surface area contributed by atoms with Crippen LogP contribution in [0.3, 0.4) is 0 Å². The molecule has 0 aliphatic rings. The number of fused-ring (bicyclic) bond motifs is 10. The largest absolute Gasteiger partial charge is 0.455 e. The van der Waals surface area contributed by atoms with E-state index < -0.39 is 0 Å². The summed E-state index contributed by atoms with van der Waals surface area (Å²) in [6, 6.07) is 64.9. The highest BCUT2D eigenvalue weighted by Crippen LogP contribution is 2.41. The number of pyridine rings is 1. The van der Waals surface area contributed by atoms with Gasteiger partial charge >= 0.3 is 0 Å². The van der Waals surface area contributed by atoms with Crippen molar-refractivity contribution >= 4 is 60.0 Å². The zero-order valence-corrected chi connectivity index (χ0v) is 28.1. The van der Waals surface area contributed by atoms with Gasteiger partial charge < -0.3 is 4.42 Å². The lowest BCUT2D eigenvalue weighted by Crippen LogP contribution is -1.95. The Hall–Kier alpha value is -6.97. The number of furan rings is 1. The number of hydrogen-bond acceptors (Lipinski definition) is 2. The summed E-state index contributed by atoms with van der Waals surface area (Å²) in [5, 5.41) is 8.22. The monoisotopic (exact) mass is 662 g/mol. The summed E-state index contributed by atoms with van der Waals surface area (Å²) in [7, 11) is 0. The van der Waals surface area contributed by atoms with Gasteiger partial charge in [-0.05, 0) is 63.2 Å². The minimum Gasteiger partial charge on any atom is -0.455 e.